The summed E-state index contributed by atoms with van der Waals surface area (Å²) in [5.74, 6) is 0.525. The van der Waals surface area contributed by atoms with Gasteiger partial charge >= 0.3 is 6.09 Å². The highest BCUT2D eigenvalue weighted by Gasteiger charge is 2.27. The molecule has 1 aliphatic rings. The maximum absolute atomic E-state index is 12.1. The highest BCUT2D eigenvalue weighted by atomic mass is 16.7. The second-order valence-electron chi connectivity index (χ2n) is 6.83. The molecule has 1 fully saturated rings. The number of hydrogen-bond donors (Lipinski definition) is 1. The van der Waals surface area contributed by atoms with E-state index in [9.17, 15) is 4.79 Å². The molecule has 0 spiro atoms. The van der Waals surface area contributed by atoms with Crippen LogP contribution in [0.25, 0.3) is 0 Å². The van der Waals surface area contributed by atoms with Crippen LogP contribution in [0, 0.1) is 5.92 Å². The molecule has 1 saturated heterocycles. The average Bonchev–Trinajstić information content (AvgIpc) is 2.46. The lowest BCUT2D eigenvalue weighted by Gasteiger charge is -2.34. The number of piperidine rings is 1. The summed E-state index contributed by atoms with van der Waals surface area (Å²) >= 11 is 0. The van der Waals surface area contributed by atoms with Crippen LogP contribution in [0.15, 0.2) is 0 Å². The summed E-state index contributed by atoms with van der Waals surface area (Å²) in [5.41, 5.74) is -0.430. The van der Waals surface area contributed by atoms with E-state index in [2.05, 4.69) is 5.32 Å². The number of methoxy groups -OCH3 is 2. The highest BCUT2D eigenvalue weighted by molar-refractivity contribution is 5.68. The first-order valence-electron chi connectivity index (χ1n) is 8.10. The fraction of sp³-hybridized carbons (Fsp3) is 0.938. The quantitative estimate of drug-likeness (QED) is 0.576. The number of rotatable bonds is 7. The smallest absolute Gasteiger partial charge is 0.410 e. The van der Waals surface area contributed by atoms with Crippen LogP contribution in [0.4, 0.5) is 4.79 Å². The number of carbonyl (C=O) groups is 1. The van der Waals surface area contributed by atoms with Crippen LogP contribution in [0.2, 0.25) is 0 Å². The highest BCUT2D eigenvalue weighted by Crippen LogP contribution is 2.21. The fourth-order valence-corrected chi connectivity index (χ4v) is 2.58. The Morgan fingerprint density at radius 2 is 2.00 bits per heavy atom. The normalized spacial score (nSPS) is 19.5. The van der Waals surface area contributed by atoms with Gasteiger partial charge in [0.1, 0.15) is 5.60 Å². The predicted octanol–water partition coefficient (Wildman–Crippen LogP) is 2.23. The Hall–Kier alpha value is -0.850. The SMILES string of the molecule is COC(CNCCC1CCCN(C(=O)OC(C)(C)C)C1)OC. The zero-order valence-electron chi connectivity index (χ0n) is 14.7. The van der Waals surface area contributed by atoms with Crippen LogP contribution in [0.1, 0.15) is 40.0 Å². The molecule has 130 valence electrons. The van der Waals surface area contributed by atoms with Crippen LogP contribution in [-0.4, -0.2) is 63.3 Å². The van der Waals surface area contributed by atoms with Crippen LogP contribution < -0.4 is 5.32 Å². The van der Waals surface area contributed by atoms with Crippen molar-refractivity contribution < 1.29 is 19.0 Å². The van der Waals surface area contributed by atoms with E-state index in [0.29, 0.717) is 12.5 Å². The van der Waals surface area contributed by atoms with E-state index in [1.807, 2.05) is 25.7 Å². The molecule has 0 aromatic rings. The third-order valence-corrected chi connectivity index (χ3v) is 3.74. The van der Waals surface area contributed by atoms with Gasteiger partial charge in [0, 0.05) is 33.9 Å². The van der Waals surface area contributed by atoms with E-state index in [4.69, 9.17) is 14.2 Å². The van der Waals surface area contributed by atoms with Gasteiger partial charge in [0.2, 0.25) is 0 Å². The summed E-state index contributed by atoms with van der Waals surface area (Å²) in [6, 6.07) is 0. The van der Waals surface area contributed by atoms with Crippen LogP contribution in [-0.2, 0) is 14.2 Å². The van der Waals surface area contributed by atoms with Crippen molar-refractivity contribution in [2.45, 2.75) is 51.9 Å². The second kappa shape index (κ2) is 9.33. The molecule has 0 bridgehead atoms. The van der Waals surface area contributed by atoms with Crippen molar-refractivity contribution in [3.05, 3.63) is 0 Å². The minimum Gasteiger partial charge on any atom is -0.444 e. The van der Waals surface area contributed by atoms with Crippen molar-refractivity contribution in [2.24, 2.45) is 5.92 Å². The average molecular weight is 316 g/mol. The third-order valence-electron chi connectivity index (χ3n) is 3.74. The van der Waals surface area contributed by atoms with Gasteiger partial charge in [-0.05, 0) is 52.5 Å². The maximum atomic E-state index is 12.1. The summed E-state index contributed by atoms with van der Waals surface area (Å²) in [6.07, 6.45) is 2.86. The Morgan fingerprint density at radius 3 is 2.59 bits per heavy atom. The largest absolute Gasteiger partial charge is 0.444 e. The summed E-state index contributed by atoms with van der Waals surface area (Å²) in [6.45, 7) is 8.86. The van der Waals surface area contributed by atoms with Crippen molar-refractivity contribution in [1.29, 1.82) is 0 Å². The first-order valence-corrected chi connectivity index (χ1v) is 8.10. The van der Waals surface area contributed by atoms with E-state index in [1.54, 1.807) is 14.2 Å². The predicted molar refractivity (Wildman–Crippen MR) is 85.8 cm³/mol. The Balaban J connectivity index is 2.27. The molecule has 1 aliphatic heterocycles. The molecule has 1 heterocycles. The van der Waals surface area contributed by atoms with E-state index < -0.39 is 5.60 Å². The van der Waals surface area contributed by atoms with Gasteiger partial charge in [-0.25, -0.2) is 4.79 Å². The van der Waals surface area contributed by atoms with E-state index >= 15 is 0 Å². The molecule has 0 aliphatic carbocycles. The van der Waals surface area contributed by atoms with E-state index in [1.165, 1.54) is 6.42 Å². The zero-order valence-corrected chi connectivity index (χ0v) is 14.7. The monoisotopic (exact) mass is 316 g/mol. The van der Waals surface area contributed by atoms with Gasteiger partial charge in [0.05, 0.1) is 0 Å². The molecule has 0 aromatic carbocycles. The Kier molecular flexibility index (Phi) is 8.14. The molecule has 0 radical (unpaired) electrons. The maximum Gasteiger partial charge on any atom is 0.410 e. The lowest BCUT2D eigenvalue weighted by Crippen LogP contribution is -2.43. The standard InChI is InChI=1S/C16H32N2O4/c1-16(2,3)22-15(19)18-10-6-7-13(12-18)8-9-17-11-14(20-4)21-5/h13-14,17H,6-12H2,1-5H3. The van der Waals surface area contributed by atoms with Crippen LogP contribution in [0.3, 0.4) is 0 Å². The van der Waals surface area contributed by atoms with Crippen LogP contribution >= 0.6 is 0 Å². The molecular weight excluding hydrogens is 284 g/mol. The lowest BCUT2D eigenvalue weighted by atomic mass is 9.95. The van der Waals surface area contributed by atoms with Crippen molar-refractivity contribution >= 4 is 6.09 Å². The van der Waals surface area contributed by atoms with Crippen molar-refractivity contribution in [3.8, 4) is 0 Å². The molecule has 1 atom stereocenters. The van der Waals surface area contributed by atoms with Crippen molar-refractivity contribution in [2.75, 3.05) is 40.4 Å². The summed E-state index contributed by atoms with van der Waals surface area (Å²) in [7, 11) is 3.27. The number of hydrogen-bond acceptors (Lipinski definition) is 5. The second-order valence-corrected chi connectivity index (χ2v) is 6.83. The first-order chi connectivity index (χ1) is 10.4. The minimum atomic E-state index is -0.430. The Morgan fingerprint density at radius 1 is 1.32 bits per heavy atom. The fourth-order valence-electron chi connectivity index (χ4n) is 2.58. The van der Waals surface area contributed by atoms with E-state index in [0.717, 1.165) is 32.5 Å². The Bertz CT molecular complexity index is 327. The van der Waals surface area contributed by atoms with Crippen molar-refractivity contribution in [3.63, 3.8) is 0 Å². The topological polar surface area (TPSA) is 60.0 Å². The number of carbonyl (C=O) groups excluding carboxylic acids is 1. The van der Waals surface area contributed by atoms with Gasteiger partial charge in [0.15, 0.2) is 6.29 Å². The van der Waals surface area contributed by atoms with Crippen LogP contribution in [0.5, 0.6) is 0 Å². The molecule has 6 heteroatoms. The molecular formula is C16H32N2O4. The zero-order chi connectivity index (χ0) is 16.6. The summed E-state index contributed by atoms with van der Waals surface area (Å²) in [4.78, 5) is 14.0. The number of ether oxygens (including phenoxy) is 3. The first kappa shape index (κ1) is 19.2. The third kappa shape index (κ3) is 7.42. The molecule has 1 amide bonds. The Labute approximate surface area is 134 Å². The van der Waals surface area contributed by atoms with E-state index in [-0.39, 0.29) is 12.4 Å². The van der Waals surface area contributed by atoms with Gasteiger partial charge < -0.3 is 24.4 Å². The number of amides is 1. The molecule has 0 saturated carbocycles. The molecule has 6 nitrogen and oxygen atoms in total. The molecule has 22 heavy (non-hydrogen) atoms. The summed E-state index contributed by atoms with van der Waals surface area (Å²) < 4.78 is 15.7. The van der Waals surface area contributed by atoms with Gasteiger partial charge in [-0.1, -0.05) is 0 Å². The van der Waals surface area contributed by atoms with Gasteiger partial charge in [-0.2, -0.15) is 0 Å². The minimum absolute atomic E-state index is 0.191. The summed E-state index contributed by atoms with van der Waals surface area (Å²) in [5, 5.41) is 3.33. The number of likely N-dealkylation sites (tertiary alicyclic amines) is 1. The number of nitrogens with zero attached hydrogens (tertiary/aromatic N) is 1. The van der Waals surface area contributed by atoms with Gasteiger partial charge in [-0.3, -0.25) is 0 Å². The number of nitrogens with one attached hydrogen (secondary N) is 1. The molecule has 1 rings (SSSR count). The molecule has 1 N–H and O–H groups in total. The molecule has 0 aromatic heterocycles. The van der Waals surface area contributed by atoms with Crippen molar-refractivity contribution in [1.82, 2.24) is 10.2 Å². The molecule has 1 unspecified atom stereocenters. The lowest BCUT2D eigenvalue weighted by molar-refractivity contribution is -0.0987. The van der Waals surface area contributed by atoms with Gasteiger partial charge in [-0.15, -0.1) is 0 Å². The van der Waals surface area contributed by atoms with Gasteiger partial charge in [0.25, 0.3) is 0 Å².